The number of hydrogen-bond donors (Lipinski definition) is 4. The van der Waals surface area contributed by atoms with E-state index in [1.165, 1.54) is 30.5 Å². The number of likely N-dealkylation sites (N-methyl/N-ethyl adjacent to an activating group) is 1. The minimum atomic E-state index is -4.50. The van der Waals surface area contributed by atoms with Crippen molar-refractivity contribution >= 4 is 49.0 Å². The van der Waals surface area contributed by atoms with Crippen molar-refractivity contribution < 1.29 is 40.0 Å². The zero-order valence-corrected chi connectivity index (χ0v) is 34.1. The number of nitrogens with one attached hydrogen (secondary N) is 1. The predicted molar refractivity (Wildman–Crippen MR) is 217 cm³/mol. The third-order valence-corrected chi connectivity index (χ3v) is 12.3. The summed E-state index contributed by atoms with van der Waals surface area (Å²) in [7, 11) is -8.89. The Morgan fingerprint density at radius 3 is 2.33 bits per heavy atom. The summed E-state index contributed by atoms with van der Waals surface area (Å²) in [4.78, 5) is 23.0. The van der Waals surface area contributed by atoms with E-state index in [4.69, 9.17) is 10.5 Å². The first-order valence-electron chi connectivity index (χ1n) is 18.5. The maximum atomic E-state index is 13.2. The van der Waals surface area contributed by atoms with Gasteiger partial charge in [-0.1, -0.05) is 18.2 Å². The van der Waals surface area contributed by atoms with Gasteiger partial charge in [-0.05, 0) is 113 Å². The van der Waals surface area contributed by atoms with Crippen LogP contribution in [0.3, 0.4) is 0 Å². The molecule has 3 aromatic carbocycles. The fourth-order valence-corrected chi connectivity index (χ4v) is 8.81. The molecule has 0 radical (unpaired) electrons. The zero-order valence-electron chi connectivity index (χ0n) is 32.4. The van der Waals surface area contributed by atoms with Gasteiger partial charge < -0.3 is 20.7 Å². The molecule has 1 aromatic heterocycles. The number of nitrogen functional groups attached to an aromatic ring is 1. The van der Waals surface area contributed by atoms with Gasteiger partial charge in [0.1, 0.15) is 18.1 Å². The highest BCUT2D eigenvalue weighted by Crippen LogP contribution is 2.51. The van der Waals surface area contributed by atoms with Gasteiger partial charge >= 0.3 is 6.01 Å². The van der Waals surface area contributed by atoms with Crippen molar-refractivity contribution in [2.75, 3.05) is 23.7 Å². The van der Waals surface area contributed by atoms with Crippen LogP contribution in [0, 0.1) is 0 Å². The van der Waals surface area contributed by atoms with Crippen molar-refractivity contribution in [3.63, 3.8) is 0 Å². The van der Waals surface area contributed by atoms with E-state index in [2.05, 4.69) is 24.8 Å². The Bertz CT molecular complexity index is 2550. The van der Waals surface area contributed by atoms with Crippen LogP contribution < -0.4 is 20.7 Å². The average Bonchev–Trinajstić information content (AvgIpc) is 3.52. The van der Waals surface area contributed by atoms with E-state index in [-0.39, 0.29) is 40.5 Å². The smallest absolute Gasteiger partial charge is 0.323 e. The SMILES string of the molecule is CCN1/C(=C/C=C/C2=[N+](CC)c3ccc(S(=O)(=O)O)cc3C2(C)C)C(C)(CCCC(=O)NCc2cccc(Oc3nccc(N)n3)c2)c2cc(S(=O)(=O)O)ccc21. The lowest BCUT2D eigenvalue weighted by atomic mass is 9.77. The first kappa shape index (κ1) is 41.2. The third-order valence-electron chi connectivity index (χ3n) is 10.6. The lowest BCUT2D eigenvalue weighted by molar-refractivity contribution is -0.433. The molecule has 14 nitrogen and oxygen atoms in total. The Morgan fingerprint density at radius 1 is 0.965 bits per heavy atom. The first-order valence-corrected chi connectivity index (χ1v) is 21.4. The Hall–Kier alpha value is -5.42. The monoisotopic (exact) mass is 815 g/mol. The van der Waals surface area contributed by atoms with Crippen LogP contribution in [0.2, 0.25) is 0 Å². The van der Waals surface area contributed by atoms with E-state index in [0.717, 1.165) is 39.5 Å². The summed E-state index contributed by atoms with van der Waals surface area (Å²) in [5.74, 6) is 0.607. The summed E-state index contributed by atoms with van der Waals surface area (Å²) in [5, 5.41) is 2.97. The number of carbonyl (C=O) groups is 1. The second kappa shape index (κ2) is 15.8. The predicted octanol–water partition coefficient (Wildman–Crippen LogP) is 6.47. The van der Waals surface area contributed by atoms with E-state index >= 15 is 0 Å². The highest BCUT2D eigenvalue weighted by molar-refractivity contribution is 7.86. The average molecular weight is 816 g/mol. The quantitative estimate of drug-likeness (QED) is 0.0799. The lowest BCUT2D eigenvalue weighted by Gasteiger charge is -2.30. The molecule has 4 aromatic rings. The molecule has 5 N–H and O–H groups in total. The molecular weight excluding hydrogens is 769 g/mol. The van der Waals surface area contributed by atoms with Gasteiger partial charge in [-0.3, -0.25) is 13.9 Å². The van der Waals surface area contributed by atoms with E-state index in [1.807, 2.05) is 58.9 Å². The second-order valence-electron chi connectivity index (χ2n) is 14.7. The molecule has 0 saturated carbocycles. The summed E-state index contributed by atoms with van der Waals surface area (Å²) in [6, 6.07) is 18.1. The molecule has 0 aliphatic carbocycles. The summed E-state index contributed by atoms with van der Waals surface area (Å²) < 4.78 is 76.1. The van der Waals surface area contributed by atoms with Gasteiger partial charge in [0.05, 0.1) is 15.2 Å². The summed E-state index contributed by atoms with van der Waals surface area (Å²) in [5.41, 5.74) is 10.1. The fourth-order valence-electron chi connectivity index (χ4n) is 7.80. The third kappa shape index (κ3) is 8.49. The molecule has 6 rings (SSSR count). The highest BCUT2D eigenvalue weighted by Gasteiger charge is 2.45. The van der Waals surface area contributed by atoms with Gasteiger partial charge in [-0.2, -0.15) is 26.4 Å². The second-order valence-corrected chi connectivity index (χ2v) is 17.5. The minimum Gasteiger partial charge on any atom is -0.424 e. The molecule has 1 unspecified atom stereocenters. The number of aromatic nitrogens is 2. The Kier molecular flexibility index (Phi) is 11.5. The van der Waals surface area contributed by atoms with E-state index in [0.29, 0.717) is 31.7 Å². The number of hydrogen-bond acceptors (Lipinski definition) is 10. The van der Waals surface area contributed by atoms with Crippen LogP contribution in [0.25, 0.3) is 0 Å². The number of nitrogens with two attached hydrogens (primary N) is 1. The van der Waals surface area contributed by atoms with Gasteiger partial charge in [0.15, 0.2) is 5.71 Å². The van der Waals surface area contributed by atoms with Crippen molar-refractivity contribution in [2.24, 2.45) is 0 Å². The number of amides is 1. The van der Waals surface area contributed by atoms with Crippen LogP contribution in [0.5, 0.6) is 11.8 Å². The summed E-state index contributed by atoms with van der Waals surface area (Å²) in [6.45, 7) is 11.4. The summed E-state index contributed by atoms with van der Waals surface area (Å²) >= 11 is 0. The highest BCUT2D eigenvalue weighted by atomic mass is 32.2. The maximum Gasteiger partial charge on any atom is 0.323 e. The molecule has 16 heteroatoms. The first-order chi connectivity index (χ1) is 26.9. The van der Waals surface area contributed by atoms with Crippen molar-refractivity contribution in [2.45, 2.75) is 81.0 Å². The summed E-state index contributed by atoms with van der Waals surface area (Å²) in [6.07, 6.45) is 8.56. The van der Waals surface area contributed by atoms with Crippen molar-refractivity contribution in [3.8, 4) is 11.8 Å². The number of ether oxygens (including phenoxy) is 1. The van der Waals surface area contributed by atoms with Crippen LogP contribution in [0.15, 0.2) is 107 Å². The van der Waals surface area contributed by atoms with Crippen molar-refractivity contribution in [1.29, 1.82) is 0 Å². The lowest BCUT2D eigenvalue weighted by Crippen LogP contribution is -2.30. The van der Waals surface area contributed by atoms with Crippen LogP contribution in [-0.4, -0.2) is 65.2 Å². The fraction of sp³-hybridized carbons (Fsp3) is 0.317. The van der Waals surface area contributed by atoms with E-state index < -0.39 is 31.1 Å². The largest absolute Gasteiger partial charge is 0.424 e. The number of benzene rings is 3. The van der Waals surface area contributed by atoms with Crippen LogP contribution in [0.4, 0.5) is 17.2 Å². The number of allylic oxidation sites excluding steroid dienone is 4. The standard InChI is InChI=1S/C41H46N6O8S2/c1-6-46-33-18-16-29(56(49,50)51)24-31(33)40(3,4)35(46)13-9-14-36-41(5,32-25-30(57(52,53)54)17-19-34(32)47(36)7-2)21-10-15-38(48)44-26-27-11-8-12-28(23-27)55-39-43-22-20-37(42)45-39/h8-9,11-14,16-20,22-25H,6-7,10,15,21,26H2,1-5H3,(H4-,42,43,44,45,48,49,50,51,52,53,54)/p+1. The number of anilines is 2. The molecule has 0 bridgehead atoms. The van der Waals surface area contributed by atoms with Gasteiger partial charge in [0.25, 0.3) is 20.2 Å². The molecule has 1 amide bonds. The Labute approximate surface area is 333 Å². The number of fused-ring (bicyclic) bond motifs is 2. The van der Waals surface area contributed by atoms with Gasteiger partial charge in [0.2, 0.25) is 11.6 Å². The van der Waals surface area contributed by atoms with Gasteiger partial charge in [-0.15, -0.1) is 0 Å². The van der Waals surface area contributed by atoms with E-state index in [1.54, 1.807) is 36.4 Å². The molecule has 300 valence electrons. The molecular formula is C41H47N6O8S2+. The molecule has 3 heterocycles. The molecule has 57 heavy (non-hydrogen) atoms. The normalized spacial score (nSPS) is 18.3. The Morgan fingerprint density at radius 2 is 1.67 bits per heavy atom. The molecule has 2 aliphatic rings. The number of nitrogens with zero attached hydrogens (tertiary/aromatic N) is 4. The van der Waals surface area contributed by atoms with Crippen LogP contribution >= 0.6 is 0 Å². The molecule has 0 spiro atoms. The van der Waals surface area contributed by atoms with E-state index in [9.17, 15) is 30.7 Å². The Balaban J connectivity index is 1.24. The molecule has 0 fully saturated rings. The molecule has 2 aliphatic heterocycles. The number of carbonyl (C=O) groups excluding carboxylic acids is 1. The van der Waals surface area contributed by atoms with Crippen LogP contribution in [0.1, 0.15) is 70.6 Å². The number of rotatable bonds is 14. The maximum absolute atomic E-state index is 13.2. The zero-order chi connectivity index (χ0) is 41.3. The molecule has 1 atom stereocenters. The topological polar surface area (TPSA) is 205 Å². The van der Waals surface area contributed by atoms with Gasteiger partial charge in [-0.25, -0.2) is 4.98 Å². The van der Waals surface area contributed by atoms with Crippen molar-refractivity contribution in [1.82, 2.24) is 15.3 Å². The molecule has 0 saturated heterocycles. The van der Waals surface area contributed by atoms with Gasteiger partial charge in [0, 0.05) is 60.2 Å². The van der Waals surface area contributed by atoms with Crippen molar-refractivity contribution in [3.05, 3.63) is 114 Å². The van der Waals surface area contributed by atoms with Crippen LogP contribution in [-0.2, 0) is 42.4 Å². The minimum absolute atomic E-state index is 0.110.